The van der Waals surface area contributed by atoms with E-state index < -0.39 is 12.9 Å². The van der Waals surface area contributed by atoms with Gasteiger partial charge in [0.1, 0.15) is 5.28 Å². The van der Waals surface area contributed by atoms with Crippen LogP contribution in [0.15, 0.2) is 24.3 Å². The molecule has 1 aliphatic carbocycles. The maximum Gasteiger partial charge on any atom is 0.355 e. The summed E-state index contributed by atoms with van der Waals surface area (Å²) in [6, 6.07) is 7.46. The Morgan fingerprint density at radius 3 is 2.14 bits per heavy atom. The van der Waals surface area contributed by atoms with Crippen LogP contribution < -0.4 is 5.32 Å². The van der Waals surface area contributed by atoms with Crippen LogP contribution in [-0.2, 0) is 13.6 Å². The molecule has 22 heavy (non-hydrogen) atoms. The van der Waals surface area contributed by atoms with Gasteiger partial charge >= 0.3 is 7.60 Å². The highest BCUT2D eigenvalue weighted by molar-refractivity contribution is 7.55. The van der Waals surface area contributed by atoms with Crippen molar-refractivity contribution in [1.82, 2.24) is 0 Å². The number of benzene rings is 1. The van der Waals surface area contributed by atoms with Gasteiger partial charge in [-0.05, 0) is 51.0 Å². The predicted molar refractivity (Wildman–Crippen MR) is 91.7 cm³/mol. The van der Waals surface area contributed by atoms with Crippen molar-refractivity contribution in [2.24, 2.45) is 0 Å². The molecule has 1 aliphatic rings. The van der Waals surface area contributed by atoms with E-state index in [9.17, 15) is 4.57 Å². The third kappa shape index (κ3) is 3.86. The summed E-state index contributed by atoms with van der Waals surface area (Å²) in [7, 11) is -3.25. The number of hydrogen-bond donors (Lipinski definition) is 1. The normalized spacial score (nSPS) is 18.1. The summed E-state index contributed by atoms with van der Waals surface area (Å²) in [6.07, 6.45) is 4.76. The smallest absolute Gasteiger partial charge is 0.355 e. The Morgan fingerprint density at radius 2 is 1.64 bits per heavy atom. The molecule has 0 radical (unpaired) electrons. The molecule has 0 saturated heterocycles. The molecular formula is C16H25ClNO3P. The van der Waals surface area contributed by atoms with Gasteiger partial charge in [0.05, 0.1) is 13.2 Å². The average Bonchev–Trinajstić information content (AvgIpc) is 2.51. The highest BCUT2D eigenvalue weighted by atomic mass is 35.5. The van der Waals surface area contributed by atoms with Crippen LogP contribution in [0.1, 0.15) is 46.0 Å². The molecule has 4 nitrogen and oxygen atoms in total. The molecule has 0 bridgehead atoms. The summed E-state index contributed by atoms with van der Waals surface area (Å²) in [6.45, 7) is 4.46. The molecule has 1 aromatic rings. The fourth-order valence-corrected chi connectivity index (χ4v) is 5.53. The van der Waals surface area contributed by atoms with Crippen LogP contribution in [0.4, 0.5) is 5.69 Å². The molecule has 6 heteroatoms. The lowest BCUT2D eigenvalue weighted by Gasteiger charge is -2.42. The van der Waals surface area contributed by atoms with Crippen molar-refractivity contribution in [3.63, 3.8) is 0 Å². The molecule has 1 fully saturated rings. The fraction of sp³-hybridized carbons (Fsp3) is 0.625. The van der Waals surface area contributed by atoms with Gasteiger partial charge in [-0.3, -0.25) is 4.57 Å². The number of halogens is 1. The van der Waals surface area contributed by atoms with Crippen LogP contribution in [0.2, 0.25) is 5.02 Å². The van der Waals surface area contributed by atoms with Gasteiger partial charge in [0.25, 0.3) is 0 Å². The van der Waals surface area contributed by atoms with Crippen molar-refractivity contribution < 1.29 is 13.6 Å². The molecule has 1 aromatic carbocycles. The van der Waals surface area contributed by atoms with Crippen molar-refractivity contribution >= 4 is 24.9 Å². The van der Waals surface area contributed by atoms with Gasteiger partial charge in [-0.1, -0.05) is 30.9 Å². The van der Waals surface area contributed by atoms with Crippen LogP contribution in [0.3, 0.4) is 0 Å². The van der Waals surface area contributed by atoms with Crippen LogP contribution in [0.25, 0.3) is 0 Å². The number of anilines is 1. The van der Waals surface area contributed by atoms with Gasteiger partial charge in [0, 0.05) is 10.7 Å². The second-order valence-electron chi connectivity index (χ2n) is 5.56. The summed E-state index contributed by atoms with van der Waals surface area (Å²) < 4.78 is 24.7. The topological polar surface area (TPSA) is 47.6 Å². The second kappa shape index (κ2) is 7.83. The Bertz CT molecular complexity index is 505. The summed E-state index contributed by atoms with van der Waals surface area (Å²) in [5, 5.41) is 3.49. The van der Waals surface area contributed by atoms with E-state index >= 15 is 0 Å². The monoisotopic (exact) mass is 345 g/mol. The highest BCUT2D eigenvalue weighted by Gasteiger charge is 2.51. The molecule has 124 valence electrons. The minimum atomic E-state index is -3.25. The summed E-state index contributed by atoms with van der Waals surface area (Å²) >= 11 is 5.95. The van der Waals surface area contributed by atoms with Gasteiger partial charge in [-0.25, -0.2) is 0 Å². The Morgan fingerprint density at radius 1 is 1.09 bits per heavy atom. The Hall–Kier alpha value is -0.540. The van der Waals surface area contributed by atoms with Gasteiger partial charge in [-0.15, -0.1) is 0 Å². The average molecular weight is 346 g/mol. The Balaban J connectivity index is 2.33. The minimum absolute atomic E-state index is 0.376. The third-order valence-corrected chi connectivity index (χ3v) is 7.08. The highest BCUT2D eigenvalue weighted by Crippen LogP contribution is 2.64. The molecule has 0 aromatic heterocycles. The van der Waals surface area contributed by atoms with E-state index in [2.05, 4.69) is 5.32 Å². The standard InChI is InChI=1S/C16H25ClNO3P/c1-3-20-22(19,21-4-2)16(12-6-5-7-13-16)18-15-10-8-14(17)9-11-15/h8-11,18H,3-7,12-13H2,1-2H3. The number of nitrogens with one attached hydrogen (secondary N) is 1. The van der Waals surface area contributed by atoms with E-state index in [1.54, 1.807) is 0 Å². The molecular weight excluding hydrogens is 321 g/mol. The van der Waals surface area contributed by atoms with Crippen molar-refractivity contribution in [3.8, 4) is 0 Å². The van der Waals surface area contributed by atoms with Gasteiger partial charge in [-0.2, -0.15) is 0 Å². The first-order valence-corrected chi connectivity index (χ1v) is 9.90. The largest absolute Gasteiger partial charge is 0.369 e. The molecule has 1 saturated carbocycles. The molecule has 0 heterocycles. The first-order valence-electron chi connectivity index (χ1n) is 7.98. The van der Waals surface area contributed by atoms with E-state index in [0.717, 1.165) is 37.8 Å². The zero-order valence-corrected chi connectivity index (χ0v) is 15.0. The Labute approximate surface area is 138 Å². The molecule has 0 amide bonds. The SMILES string of the molecule is CCOP(=O)(OCC)C1(Nc2ccc(Cl)cc2)CCCCC1. The van der Waals surface area contributed by atoms with Gasteiger partial charge in [0.15, 0.2) is 0 Å². The summed E-state index contributed by atoms with van der Waals surface area (Å²) in [4.78, 5) is 0. The molecule has 0 atom stereocenters. The zero-order chi connectivity index (χ0) is 16.1. The van der Waals surface area contributed by atoms with Crippen LogP contribution in [-0.4, -0.2) is 18.5 Å². The summed E-state index contributed by atoms with van der Waals surface area (Å²) in [5.41, 5.74) is 0.894. The Kier molecular flexibility index (Phi) is 6.34. The number of hydrogen-bond acceptors (Lipinski definition) is 4. The van der Waals surface area contributed by atoms with Crippen LogP contribution >= 0.6 is 19.2 Å². The second-order valence-corrected chi connectivity index (χ2v) is 8.36. The van der Waals surface area contributed by atoms with Gasteiger partial charge < -0.3 is 14.4 Å². The van der Waals surface area contributed by atoms with E-state index in [1.807, 2.05) is 38.1 Å². The third-order valence-electron chi connectivity index (χ3n) is 4.02. The molecule has 0 aliphatic heterocycles. The van der Waals surface area contributed by atoms with Crippen molar-refractivity contribution in [2.75, 3.05) is 18.5 Å². The molecule has 0 unspecified atom stereocenters. The zero-order valence-electron chi connectivity index (χ0n) is 13.3. The van der Waals surface area contributed by atoms with Gasteiger partial charge in [0.2, 0.25) is 0 Å². The van der Waals surface area contributed by atoms with Crippen LogP contribution in [0, 0.1) is 0 Å². The van der Waals surface area contributed by atoms with E-state index in [0.29, 0.717) is 18.2 Å². The lowest BCUT2D eigenvalue weighted by molar-refractivity contribution is 0.188. The fourth-order valence-electron chi connectivity index (χ4n) is 3.03. The van der Waals surface area contributed by atoms with E-state index in [-0.39, 0.29) is 0 Å². The maximum atomic E-state index is 13.4. The first kappa shape index (κ1) is 17.8. The van der Waals surface area contributed by atoms with E-state index in [1.165, 1.54) is 0 Å². The lowest BCUT2D eigenvalue weighted by atomic mass is 9.94. The lowest BCUT2D eigenvalue weighted by Crippen LogP contribution is -2.41. The van der Waals surface area contributed by atoms with E-state index in [4.69, 9.17) is 20.6 Å². The number of rotatable bonds is 7. The van der Waals surface area contributed by atoms with Crippen molar-refractivity contribution in [2.45, 2.75) is 51.2 Å². The predicted octanol–water partition coefficient (Wildman–Crippen LogP) is 5.68. The molecule has 1 N–H and O–H groups in total. The molecule has 0 spiro atoms. The van der Waals surface area contributed by atoms with Crippen LogP contribution in [0.5, 0.6) is 0 Å². The maximum absolute atomic E-state index is 13.4. The minimum Gasteiger partial charge on any atom is -0.369 e. The molecule has 2 rings (SSSR count). The van der Waals surface area contributed by atoms with Crippen molar-refractivity contribution in [3.05, 3.63) is 29.3 Å². The van der Waals surface area contributed by atoms with Crippen molar-refractivity contribution in [1.29, 1.82) is 0 Å². The quantitative estimate of drug-likeness (QED) is 0.646. The summed E-state index contributed by atoms with van der Waals surface area (Å²) in [5.74, 6) is 0. The first-order chi connectivity index (χ1) is 10.6.